The first-order valence-electron chi connectivity index (χ1n) is 9.49. The van der Waals surface area contributed by atoms with Gasteiger partial charge < -0.3 is 14.8 Å². The molecule has 1 amide bonds. The lowest BCUT2D eigenvalue weighted by atomic mass is 9.74. The molecule has 0 atom stereocenters. The average molecular weight is 404 g/mol. The standard InChI is InChI=1S/C22H26FNO3S/c1-26-19-6-8-20(9-7-19)28-15-10-21(25)24-16-22(11-13-27-14-12-22)17-2-4-18(23)5-3-17/h2-9H,10-16H2,1H3,(H,24,25). The number of ether oxygens (including phenoxy) is 2. The molecule has 1 fully saturated rings. The number of benzene rings is 2. The van der Waals surface area contributed by atoms with Crippen LogP contribution in [0.25, 0.3) is 0 Å². The Labute approximate surface area is 169 Å². The fourth-order valence-corrected chi connectivity index (χ4v) is 4.27. The summed E-state index contributed by atoms with van der Waals surface area (Å²) in [4.78, 5) is 13.5. The second-order valence-corrected chi connectivity index (χ2v) is 8.12. The summed E-state index contributed by atoms with van der Waals surface area (Å²) in [6.45, 7) is 1.86. The van der Waals surface area contributed by atoms with E-state index in [1.165, 1.54) is 12.1 Å². The van der Waals surface area contributed by atoms with E-state index in [0.29, 0.717) is 31.9 Å². The lowest BCUT2D eigenvalue weighted by Crippen LogP contribution is -2.44. The first-order valence-corrected chi connectivity index (χ1v) is 10.5. The molecule has 0 bridgehead atoms. The SMILES string of the molecule is COc1ccc(SCCC(=O)NCC2(c3ccc(F)cc3)CCOCC2)cc1. The Kier molecular flexibility index (Phi) is 7.34. The zero-order valence-corrected chi connectivity index (χ0v) is 16.9. The monoisotopic (exact) mass is 403 g/mol. The van der Waals surface area contributed by atoms with Crippen LogP contribution in [0.3, 0.4) is 0 Å². The van der Waals surface area contributed by atoms with Crippen LogP contribution in [-0.2, 0) is 14.9 Å². The van der Waals surface area contributed by atoms with Crippen molar-refractivity contribution in [1.82, 2.24) is 5.32 Å². The fourth-order valence-electron chi connectivity index (χ4n) is 3.42. The molecule has 28 heavy (non-hydrogen) atoms. The molecule has 0 spiro atoms. The van der Waals surface area contributed by atoms with E-state index in [0.717, 1.165) is 29.1 Å². The number of nitrogens with one attached hydrogen (secondary N) is 1. The minimum atomic E-state index is -0.245. The van der Waals surface area contributed by atoms with Gasteiger partial charge in [-0.05, 0) is 54.8 Å². The number of rotatable bonds is 8. The molecule has 1 N–H and O–H groups in total. The molecule has 6 heteroatoms. The summed E-state index contributed by atoms with van der Waals surface area (Å²) in [6, 6.07) is 14.4. The van der Waals surface area contributed by atoms with Crippen LogP contribution in [0.2, 0.25) is 0 Å². The molecule has 1 aliphatic heterocycles. The maximum Gasteiger partial charge on any atom is 0.220 e. The molecule has 0 radical (unpaired) electrons. The average Bonchev–Trinajstić information content (AvgIpc) is 2.74. The Morgan fingerprint density at radius 1 is 1.14 bits per heavy atom. The van der Waals surface area contributed by atoms with Crippen molar-refractivity contribution in [2.24, 2.45) is 0 Å². The van der Waals surface area contributed by atoms with Gasteiger partial charge in [0.15, 0.2) is 0 Å². The molecule has 2 aromatic carbocycles. The van der Waals surface area contributed by atoms with E-state index in [-0.39, 0.29) is 17.1 Å². The Bertz CT molecular complexity index is 758. The smallest absolute Gasteiger partial charge is 0.220 e. The van der Waals surface area contributed by atoms with Crippen molar-refractivity contribution in [3.63, 3.8) is 0 Å². The van der Waals surface area contributed by atoms with Crippen LogP contribution in [0.4, 0.5) is 4.39 Å². The van der Waals surface area contributed by atoms with Gasteiger partial charge in [-0.25, -0.2) is 4.39 Å². The van der Waals surface area contributed by atoms with Gasteiger partial charge in [-0.1, -0.05) is 12.1 Å². The van der Waals surface area contributed by atoms with Gasteiger partial charge in [-0.15, -0.1) is 11.8 Å². The maximum absolute atomic E-state index is 13.3. The van der Waals surface area contributed by atoms with Crippen LogP contribution < -0.4 is 10.1 Å². The Balaban J connectivity index is 1.51. The Morgan fingerprint density at radius 2 is 1.82 bits per heavy atom. The number of amides is 1. The van der Waals surface area contributed by atoms with Gasteiger partial charge in [0.25, 0.3) is 0 Å². The van der Waals surface area contributed by atoms with Gasteiger partial charge in [-0.2, -0.15) is 0 Å². The summed E-state index contributed by atoms with van der Waals surface area (Å²) in [6.07, 6.45) is 2.09. The van der Waals surface area contributed by atoms with Crippen LogP contribution in [0.15, 0.2) is 53.4 Å². The molecular formula is C22H26FNO3S. The number of carbonyl (C=O) groups is 1. The molecule has 0 aliphatic carbocycles. The van der Waals surface area contributed by atoms with Crippen LogP contribution in [0.5, 0.6) is 5.75 Å². The lowest BCUT2D eigenvalue weighted by Gasteiger charge is -2.38. The molecule has 1 saturated heterocycles. The van der Waals surface area contributed by atoms with E-state index >= 15 is 0 Å². The van der Waals surface area contributed by atoms with E-state index < -0.39 is 0 Å². The summed E-state index contributed by atoms with van der Waals surface area (Å²) >= 11 is 1.65. The minimum Gasteiger partial charge on any atom is -0.497 e. The van der Waals surface area contributed by atoms with E-state index in [1.54, 1.807) is 18.9 Å². The second-order valence-electron chi connectivity index (χ2n) is 6.95. The van der Waals surface area contributed by atoms with Gasteiger partial charge in [0.1, 0.15) is 11.6 Å². The minimum absolute atomic E-state index is 0.0361. The highest BCUT2D eigenvalue weighted by Crippen LogP contribution is 2.34. The van der Waals surface area contributed by atoms with Crippen LogP contribution in [-0.4, -0.2) is 38.5 Å². The number of hydrogen-bond acceptors (Lipinski definition) is 4. The zero-order valence-electron chi connectivity index (χ0n) is 16.1. The summed E-state index contributed by atoms with van der Waals surface area (Å²) in [5.74, 6) is 1.33. The van der Waals surface area contributed by atoms with Gasteiger partial charge >= 0.3 is 0 Å². The number of hydrogen-bond donors (Lipinski definition) is 1. The summed E-state index contributed by atoms with van der Waals surface area (Å²) in [5.41, 5.74) is 0.871. The molecule has 0 unspecified atom stereocenters. The molecule has 0 saturated carbocycles. The topological polar surface area (TPSA) is 47.6 Å². The highest BCUT2D eigenvalue weighted by Gasteiger charge is 2.34. The maximum atomic E-state index is 13.3. The van der Waals surface area contributed by atoms with Gasteiger partial charge in [0.05, 0.1) is 7.11 Å². The van der Waals surface area contributed by atoms with Crippen molar-refractivity contribution in [3.8, 4) is 5.75 Å². The molecule has 2 aromatic rings. The molecule has 4 nitrogen and oxygen atoms in total. The van der Waals surface area contributed by atoms with Gasteiger partial charge in [0.2, 0.25) is 5.91 Å². The van der Waals surface area contributed by atoms with Crippen LogP contribution in [0.1, 0.15) is 24.8 Å². The van der Waals surface area contributed by atoms with Crippen LogP contribution >= 0.6 is 11.8 Å². The van der Waals surface area contributed by atoms with Crippen molar-refractivity contribution in [2.75, 3.05) is 32.6 Å². The normalized spacial score (nSPS) is 15.8. The van der Waals surface area contributed by atoms with E-state index in [4.69, 9.17) is 9.47 Å². The summed E-state index contributed by atoms with van der Waals surface area (Å²) in [7, 11) is 1.64. The van der Waals surface area contributed by atoms with E-state index in [9.17, 15) is 9.18 Å². The predicted molar refractivity (Wildman–Crippen MR) is 109 cm³/mol. The van der Waals surface area contributed by atoms with Gasteiger partial charge in [0, 0.05) is 42.2 Å². The Morgan fingerprint density at radius 3 is 2.46 bits per heavy atom. The largest absolute Gasteiger partial charge is 0.497 e. The van der Waals surface area contributed by atoms with Crippen molar-refractivity contribution in [1.29, 1.82) is 0 Å². The number of carbonyl (C=O) groups excluding carboxylic acids is 1. The molecule has 0 aromatic heterocycles. The number of thioether (sulfide) groups is 1. The number of methoxy groups -OCH3 is 1. The van der Waals surface area contributed by atoms with Gasteiger partial charge in [-0.3, -0.25) is 4.79 Å². The first kappa shape index (κ1) is 20.7. The highest BCUT2D eigenvalue weighted by molar-refractivity contribution is 7.99. The number of halogens is 1. The quantitative estimate of drug-likeness (QED) is 0.672. The predicted octanol–water partition coefficient (Wildman–Crippen LogP) is 4.18. The Hall–Kier alpha value is -2.05. The third-order valence-electron chi connectivity index (χ3n) is 5.19. The summed E-state index contributed by atoms with van der Waals surface area (Å²) < 4.78 is 24.0. The third kappa shape index (κ3) is 5.49. The van der Waals surface area contributed by atoms with Crippen molar-refractivity contribution in [2.45, 2.75) is 29.6 Å². The molecule has 150 valence electrons. The molecular weight excluding hydrogens is 377 g/mol. The van der Waals surface area contributed by atoms with Crippen molar-refractivity contribution >= 4 is 17.7 Å². The zero-order chi connectivity index (χ0) is 19.8. The molecule has 1 heterocycles. The van der Waals surface area contributed by atoms with E-state index in [2.05, 4.69) is 5.32 Å². The highest BCUT2D eigenvalue weighted by atomic mass is 32.2. The van der Waals surface area contributed by atoms with E-state index in [1.807, 2.05) is 36.4 Å². The van der Waals surface area contributed by atoms with Crippen molar-refractivity contribution in [3.05, 3.63) is 59.9 Å². The second kappa shape index (κ2) is 9.94. The summed E-state index contributed by atoms with van der Waals surface area (Å²) in [5, 5.41) is 3.09. The molecule has 3 rings (SSSR count). The molecule has 1 aliphatic rings. The fraction of sp³-hybridized carbons (Fsp3) is 0.409. The van der Waals surface area contributed by atoms with Crippen LogP contribution in [0, 0.1) is 5.82 Å². The lowest BCUT2D eigenvalue weighted by molar-refractivity contribution is -0.121. The van der Waals surface area contributed by atoms with Crippen molar-refractivity contribution < 1.29 is 18.7 Å². The first-order chi connectivity index (χ1) is 13.6. The third-order valence-corrected chi connectivity index (χ3v) is 6.20.